The lowest BCUT2D eigenvalue weighted by atomic mass is 10.0. The molecule has 0 aromatic heterocycles. The second-order valence-corrected chi connectivity index (χ2v) is 8.03. The van der Waals surface area contributed by atoms with E-state index in [1.165, 1.54) is 17.7 Å². The van der Waals surface area contributed by atoms with Gasteiger partial charge in [-0.1, -0.05) is 32.0 Å². The molecule has 6 heteroatoms. The van der Waals surface area contributed by atoms with E-state index in [-0.39, 0.29) is 5.82 Å². The molecule has 1 fully saturated rings. The van der Waals surface area contributed by atoms with Crippen molar-refractivity contribution in [2.45, 2.75) is 25.9 Å². The van der Waals surface area contributed by atoms with Crippen LogP contribution in [0.2, 0.25) is 0 Å². The smallest absolute Gasteiger partial charge is 0.123 e. The Morgan fingerprint density at radius 1 is 0.967 bits per heavy atom. The monoisotopic (exact) mass is 416 g/mol. The number of β-amino-alcohol motifs (C(OH)–C–C–N with tert-alkyl or cyclic N) is 1. The van der Waals surface area contributed by atoms with E-state index in [9.17, 15) is 9.50 Å². The fourth-order valence-electron chi connectivity index (χ4n) is 3.71. The molecule has 30 heavy (non-hydrogen) atoms. The van der Waals surface area contributed by atoms with E-state index < -0.39 is 6.10 Å². The number of halogens is 1. The first-order valence-corrected chi connectivity index (χ1v) is 10.7. The maximum absolute atomic E-state index is 13.1. The Bertz CT molecular complexity index is 761. The Balaban J connectivity index is 1.30. The van der Waals surface area contributed by atoms with Crippen LogP contribution < -0.4 is 9.64 Å². The van der Waals surface area contributed by atoms with Gasteiger partial charge in [-0.2, -0.15) is 0 Å². The number of piperazine rings is 1. The van der Waals surface area contributed by atoms with Crippen LogP contribution >= 0.6 is 0 Å². The summed E-state index contributed by atoms with van der Waals surface area (Å²) in [6, 6.07) is 14.7. The Labute approximate surface area is 179 Å². The first kappa shape index (κ1) is 22.5. The van der Waals surface area contributed by atoms with E-state index in [4.69, 9.17) is 9.47 Å². The fourth-order valence-corrected chi connectivity index (χ4v) is 3.71. The van der Waals surface area contributed by atoms with E-state index in [0.717, 1.165) is 37.6 Å². The molecule has 0 radical (unpaired) electrons. The Kier molecular flexibility index (Phi) is 8.49. The first-order chi connectivity index (χ1) is 14.5. The molecule has 1 saturated heterocycles. The Morgan fingerprint density at radius 2 is 1.67 bits per heavy atom. The van der Waals surface area contributed by atoms with E-state index in [1.807, 2.05) is 30.3 Å². The molecule has 1 heterocycles. The minimum absolute atomic E-state index is 0.213. The Hall–Kier alpha value is -2.15. The SMILES string of the molecule is CC(C)c1ccccc1OCCOCC(O)CN1CCN(c2ccc(F)cc2)CC1. The third kappa shape index (κ3) is 6.69. The first-order valence-electron chi connectivity index (χ1n) is 10.7. The van der Waals surface area contributed by atoms with Gasteiger partial charge in [-0.05, 0) is 41.8 Å². The van der Waals surface area contributed by atoms with Crippen LogP contribution in [0.15, 0.2) is 48.5 Å². The third-order valence-electron chi connectivity index (χ3n) is 5.37. The third-order valence-corrected chi connectivity index (χ3v) is 5.37. The molecule has 1 unspecified atom stereocenters. The predicted molar refractivity (Wildman–Crippen MR) is 118 cm³/mol. The van der Waals surface area contributed by atoms with Crippen LogP contribution in [0, 0.1) is 5.82 Å². The molecule has 0 saturated carbocycles. The Morgan fingerprint density at radius 3 is 2.37 bits per heavy atom. The molecule has 0 aliphatic carbocycles. The highest BCUT2D eigenvalue weighted by Gasteiger charge is 2.19. The second-order valence-electron chi connectivity index (χ2n) is 8.03. The van der Waals surface area contributed by atoms with Crippen LogP contribution in [-0.4, -0.2) is 68.7 Å². The van der Waals surface area contributed by atoms with Crippen LogP contribution in [0.4, 0.5) is 10.1 Å². The molecule has 0 amide bonds. The average Bonchev–Trinajstić information content (AvgIpc) is 2.75. The van der Waals surface area contributed by atoms with E-state index in [1.54, 1.807) is 0 Å². The minimum Gasteiger partial charge on any atom is -0.491 e. The maximum atomic E-state index is 13.1. The standard InChI is InChI=1S/C24H33FN2O3/c1-19(2)23-5-3-4-6-24(23)30-16-15-29-18-22(28)17-26-11-13-27(14-12-26)21-9-7-20(25)8-10-21/h3-10,19,22,28H,11-18H2,1-2H3. The van der Waals surface area contributed by atoms with Crippen molar-refractivity contribution < 1.29 is 19.0 Å². The molecule has 2 aromatic rings. The molecule has 164 valence electrons. The second kappa shape index (κ2) is 11.3. The van der Waals surface area contributed by atoms with Crippen LogP contribution in [-0.2, 0) is 4.74 Å². The molecule has 3 rings (SSSR count). The molecule has 0 spiro atoms. The normalized spacial score (nSPS) is 16.1. The number of aliphatic hydroxyl groups is 1. The van der Waals surface area contributed by atoms with Crippen molar-refractivity contribution in [1.82, 2.24) is 4.90 Å². The molecule has 1 aliphatic rings. The van der Waals surface area contributed by atoms with Crippen LogP contribution in [0.3, 0.4) is 0 Å². The summed E-state index contributed by atoms with van der Waals surface area (Å²) >= 11 is 0. The number of nitrogens with zero attached hydrogens (tertiary/aromatic N) is 2. The number of hydrogen-bond acceptors (Lipinski definition) is 5. The average molecular weight is 417 g/mol. The summed E-state index contributed by atoms with van der Waals surface area (Å²) in [5, 5.41) is 10.3. The number of para-hydroxylation sites is 1. The van der Waals surface area contributed by atoms with E-state index >= 15 is 0 Å². The van der Waals surface area contributed by atoms with Crippen molar-refractivity contribution >= 4 is 5.69 Å². The lowest BCUT2D eigenvalue weighted by molar-refractivity contribution is 0.00709. The zero-order valence-corrected chi connectivity index (χ0v) is 18.0. The number of aliphatic hydroxyl groups excluding tert-OH is 1. The summed E-state index contributed by atoms with van der Waals surface area (Å²) in [6.07, 6.45) is -0.523. The van der Waals surface area contributed by atoms with Crippen molar-refractivity contribution in [3.05, 3.63) is 59.9 Å². The number of ether oxygens (including phenoxy) is 2. The van der Waals surface area contributed by atoms with Gasteiger partial charge < -0.3 is 19.5 Å². The van der Waals surface area contributed by atoms with Gasteiger partial charge in [0.15, 0.2) is 0 Å². The van der Waals surface area contributed by atoms with Crippen LogP contribution in [0.25, 0.3) is 0 Å². The fraction of sp³-hybridized carbons (Fsp3) is 0.500. The summed E-state index contributed by atoms with van der Waals surface area (Å²) < 4.78 is 24.5. The van der Waals surface area contributed by atoms with Gasteiger partial charge in [0, 0.05) is 38.4 Å². The molecule has 1 aliphatic heterocycles. The van der Waals surface area contributed by atoms with Gasteiger partial charge in [0.1, 0.15) is 18.2 Å². The molecular formula is C24H33FN2O3. The molecular weight excluding hydrogens is 383 g/mol. The predicted octanol–water partition coefficient (Wildman–Crippen LogP) is 3.53. The zero-order valence-electron chi connectivity index (χ0n) is 18.0. The number of rotatable bonds is 10. The molecule has 1 N–H and O–H groups in total. The topological polar surface area (TPSA) is 45.2 Å². The van der Waals surface area contributed by atoms with Gasteiger partial charge in [0.25, 0.3) is 0 Å². The van der Waals surface area contributed by atoms with Crippen molar-refractivity contribution in [3.8, 4) is 5.75 Å². The van der Waals surface area contributed by atoms with Gasteiger partial charge in [-0.25, -0.2) is 4.39 Å². The maximum Gasteiger partial charge on any atom is 0.123 e. The summed E-state index contributed by atoms with van der Waals surface area (Å²) in [5.74, 6) is 1.10. The van der Waals surface area contributed by atoms with E-state index in [0.29, 0.717) is 32.3 Å². The number of hydrogen-bond donors (Lipinski definition) is 1. The lowest BCUT2D eigenvalue weighted by Gasteiger charge is -2.36. The highest BCUT2D eigenvalue weighted by atomic mass is 19.1. The summed E-state index contributed by atoms with van der Waals surface area (Å²) in [5.41, 5.74) is 2.23. The van der Waals surface area contributed by atoms with E-state index in [2.05, 4.69) is 29.7 Å². The van der Waals surface area contributed by atoms with Crippen LogP contribution in [0.1, 0.15) is 25.3 Å². The van der Waals surface area contributed by atoms with Crippen molar-refractivity contribution in [1.29, 1.82) is 0 Å². The quantitative estimate of drug-likeness (QED) is 0.601. The van der Waals surface area contributed by atoms with Gasteiger partial charge >= 0.3 is 0 Å². The summed E-state index contributed by atoms with van der Waals surface area (Å²) in [4.78, 5) is 4.48. The van der Waals surface area contributed by atoms with Crippen LogP contribution in [0.5, 0.6) is 5.75 Å². The number of anilines is 1. The molecule has 2 aromatic carbocycles. The van der Waals surface area contributed by atoms with Gasteiger partial charge in [-0.15, -0.1) is 0 Å². The highest BCUT2D eigenvalue weighted by Crippen LogP contribution is 2.25. The van der Waals surface area contributed by atoms with Gasteiger partial charge in [-0.3, -0.25) is 4.90 Å². The van der Waals surface area contributed by atoms with Crippen molar-refractivity contribution in [2.24, 2.45) is 0 Å². The molecule has 0 bridgehead atoms. The zero-order chi connectivity index (χ0) is 21.3. The van der Waals surface area contributed by atoms with Crippen molar-refractivity contribution in [3.63, 3.8) is 0 Å². The minimum atomic E-state index is -0.523. The lowest BCUT2D eigenvalue weighted by Crippen LogP contribution is -2.49. The van der Waals surface area contributed by atoms with Gasteiger partial charge in [0.05, 0.1) is 19.3 Å². The highest BCUT2D eigenvalue weighted by molar-refractivity contribution is 5.46. The van der Waals surface area contributed by atoms with Crippen molar-refractivity contribution in [2.75, 3.05) is 57.4 Å². The molecule has 1 atom stereocenters. The summed E-state index contributed by atoms with van der Waals surface area (Å²) in [6.45, 7) is 9.55. The van der Waals surface area contributed by atoms with Gasteiger partial charge in [0.2, 0.25) is 0 Å². The largest absolute Gasteiger partial charge is 0.491 e. The number of benzene rings is 2. The molecule has 5 nitrogen and oxygen atoms in total. The summed E-state index contributed by atoms with van der Waals surface area (Å²) in [7, 11) is 0.